The van der Waals surface area contributed by atoms with E-state index in [0.717, 1.165) is 51.3 Å². The number of esters is 1. The molecule has 4 aliphatic heterocycles. The van der Waals surface area contributed by atoms with Crippen LogP contribution >= 0.6 is 11.8 Å². The van der Waals surface area contributed by atoms with Crippen molar-refractivity contribution in [3.63, 3.8) is 0 Å². The Labute approximate surface area is 211 Å². The van der Waals surface area contributed by atoms with Crippen LogP contribution in [0.25, 0.3) is 0 Å². The number of rotatable bonds is 8. The molecule has 5 heterocycles. The third kappa shape index (κ3) is 6.20. The van der Waals surface area contributed by atoms with Crippen LogP contribution in [0.4, 0.5) is 5.82 Å². The molecule has 9 heteroatoms. The van der Waals surface area contributed by atoms with Crippen molar-refractivity contribution in [2.75, 3.05) is 51.6 Å². The Morgan fingerprint density at radius 1 is 1.20 bits per heavy atom. The Morgan fingerprint density at radius 3 is 2.80 bits per heavy atom. The number of piperidine rings is 3. The van der Waals surface area contributed by atoms with Gasteiger partial charge in [0.05, 0.1) is 19.5 Å². The summed E-state index contributed by atoms with van der Waals surface area (Å²) in [6.07, 6.45) is 3.84. The number of hydrogen-bond donors (Lipinski definition) is 0. The number of carbonyl (C=O) groups is 1. The molecule has 2 bridgehead atoms. The number of thioether (sulfide) groups is 1. The zero-order chi connectivity index (χ0) is 24.1. The Bertz CT molecular complexity index is 1010. The summed E-state index contributed by atoms with van der Waals surface area (Å²) in [5.74, 6) is 1.52. The second-order valence-electron chi connectivity index (χ2n) is 9.90. The smallest absolute Gasteiger partial charge is 0.307 e. The van der Waals surface area contributed by atoms with Crippen LogP contribution in [-0.4, -0.2) is 89.1 Å². The average molecular weight is 496 g/mol. The number of nitrogens with zero attached hydrogens (tertiary/aromatic N) is 5. The third-order valence-electron chi connectivity index (χ3n) is 7.55. The van der Waals surface area contributed by atoms with Gasteiger partial charge in [-0.05, 0) is 17.7 Å². The normalized spacial score (nSPS) is 29.1. The van der Waals surface area contributed by atoms with Crippen LogP contribution in [0.3, 0.4) is 0 Å². The van der Waals surface area contributed by atoms with Crippen molar-refractivity contribution < 1.29 is 19.1 Å². The summed E-state index contributed by atoms with van der Waals surface area (Å²) >= 11 is 1.99. The first-order valence-electron chi connectivity index (χ1n) is 12.5. The van der Waals surface area contributed by atoms with E-state index in [1.807, 2.05) is 17.8 Å². The summed E-state index contributed by atoms with van der Waals surface area (Å²) in [7, 11) is 0. The predicted octanol–water partition coefficient (Wildman–Crippen LogP) is 2.20. The Morgan fingerprint density at radius 2 is 2.03 bits per heavy atom. The van der Waals surface area contributed by atoms with Crippen LogP contribution in [0.2, 0.25) is 0 Å². The molecule has 1 aromatic carbocycles. The molecule has 0 aliphatic carbocycles. The number of aromatic nitrogens is 2. The first-order chi connectivity index (χ1) is 17.1. The van der Waals surface area contributed by atoms with E-state index >= 15 is 0 Å². The monoisotopic (exact) mass is 495 g/mol. The van der Waals surface area contributed by atoms with Crippen molar-refractivity contribution in [3.05, 3.63) is 54.2 Å². The second-order valence-corrected chi connectivity index (χ2v) is 11.2. The van der Waals surface area contributed by atoms with Crippen molar-refractivity contribution >= 4 is 29.4 Å². The number of aliphatic imine (C=N–C) groups is 1. The molecule has 2 atom stereocenters. The molecule has 0 radical (unpaired) electrons. The molecule has 0 amide bonds. The van der Waals surface area contributed by atoms with E-state index in [0.29, 0.717) is 41.0 Å². The topological polar surface area (TPSA) is 90.7 Å². The number of quaternary nitrogens is 1. The molecule has 4 saturated heterocycles. The van der Waals surface area contributed by atoms with Gasteiger partial charge in [-0.3, -0.25) is 4.79 Å². The highest BCUT2D eigenvalue weighted by Crippen LogP contribution is 2.36. The summed E-state index contributed by atoms with van der Waals surface area (Å²) in [4.78, 5) is 19.3. The molecule has 4 aliphatic rings. The second kappa shape index (κ2) is 11.1. The van der Waals surface area contributed by atoms with Crippen LogP contribution in [0.5, 0.6) is 0 Å². The van der Waals surface area contributed by atoms with Gasteiger partial charge < -0.3 is 19.2 Å². The number of hydrogen-bond acceptors (Lipinski definition) is 8. The van der Waals surface area contributed by atoms with Crippen LogP contribution in [0.15, 0.2) is 53.7 Å². The summed E-state index contributed by atoms with van der Waals surface area (Å²) < 4.78 is 6.65. The minimum Gasteiger partial charge on any atom is -0.858 e. The number of ether oxygens (including phenoxy) is 1. The van der Waals surface area contributed by atoms with Crippen molar-refractivity contribution in [2.24, 2.45) is 10.9 Å². The van der Waals surface area contributed by atoms with E-state index in [4.69, 9.17) is 4.74 Å². The van der Waals surface area contributed by atoms with Gasteiger partial charge in [-0.1, -0.05) is 30.3 Å². The fourth-order valence-electron chi connectivity index (χ4n) is 5.63. The van der Waals surface area contributed by atoms with Crippen LogP contribution in [-0.2, 0) is 9.53 Å². The molecular weight excluding hydrogens is 462 g/mol. The highest BCUT2D eigenvalue weighted by molar-refractivity contribution is 7.99. The standard InChI is InChI=1S/C26H33N5O3S/c32-25(28-24-7-4-11-27-29-24)19-31-14-9-20(10-15-31)22(18-31)34-26(33)8-12-30-13-16-35-23(17-30)21-5-2-1-3-6-21/h1-7,11,20,22-23H,8-10,12-19H2/t20?,22-,23?,31?/m1/s1. The Balaban J connectivity index is 1.12. The molecule has 186 valence electrons. The molecule has 2 aromatic rings. The van der Waals surface area contributed by atoms with Gasteiger partial charge in [0.2, 0.25) is 0 Å². The molecule has 0 saturated carbocycles. The van der Waals surface area contributed by atoms with Crippen LogP contribution in [0, 0.1) is 5.92 Å². The summed E-state index contributed by atoms with van der Waals surface area (Å²) in [6.45, 7) is 5.60. The van der Waals surface area contributed by atoms with Gasteiger partial charge in [-0.15, -0.1) is 5.10 Å². The Hall–Kier alpha value is -2.49. The number of benzene rings is 1. The molecule has 0 spiro atoms. The first-order valence-corrected chi connectivity index (χ1v) is 13.6. The summed E-state index contributed by atoms with van der Waals surface area (Å²) in [5.41, 5.74) is 1.35. The lowest BCUT2D eigenvalue weighted by Crippen LogP contribution is -2.66. The quantitative estimate of drug-likeness (QED) is 0.240. The molecule has 0 N–H and O–H groups in total. The van der Waals surface area contributed by atoms with E-state index in [2.05, 4.69) is 44.4 Å². The van der Waals surface area contributed by atoms with Gasteiger partial charge >= 0.3 is 5.97 Å². The predicted molar refractivity (Wildman–Crippen MR) is 134 cm³/mol. The van der Waals surface area contributed by atoms with E-state index in [1.165, 1.54) is 5.56 Å². The van der Waals surface area contributed by atoms with Crippen molar-refractivity contribution in [2.45, 2.75) is 30.6 Å². The number of carbonyl (C=O) groups excluding carboxylic acids is 1. The lowest BCUT2D eigenvalue weighted by molar-refractivity contribution is -0.939. The van der Waals surface area contributed by atoms with Gasteiger partial charge in [0, 0.05) is 61.5 Å². The van der Waals surface area contributed by atoms with Crippen LogP contribution in [0.1, 0.15) is 30.1 Å². The van der Waals surface area contributed by atoms with Gasteiger partial charge in [-0.2, -0.15) is 16.9 Å². The lowest BCUT2D eigenvalue weighted by Gasteiger charge is -2.52. The zero-order valence-electron chi connectivity index (χ0n) is 20.0. The highest BCUT2D eigenvalue weighted by Gasteiger charge is 2.47. The van der Waals surface area contributed by atoms with Gasteiger partial charge in [0.15, 0.2) is 11.9 Å². The highest BCUT2D eigenvalue weighted by atomic mass is 32.2. The largest absolute Gasteiger partial charge is 0.858 e. The van der Waals surface area contributed by atoms with E-state index < -0.39 is 0 Å². The Kier molecular flexibility index (Phi) is 7.65. The van der Waals surface area contributed by atoms with Gasteiger partial charge in [0.25, 0.3) is 0 Å². The van der Waals surface area contributed by atoms with Gasteiger partial charge in [-0.25, -0.2) is 4.99 Å². The van der Waals surface area contributed by atoms with Crippen LogP contribution < -0.4 is 5.11 Å². The molecule has 1 aromatic heterocycles. The van der Waals surface area contributed by atoms with Crippen molar-refractivity contribution in [3.8, 4) is 0 Å². The maximum atomic E-state index is 12.8. The molecule has 6 rings (SSSR count). The fourth-order valence-corrected chi connectivity index (χ4v) is 6.95. The average Bonchev–Trinajstić information content (AvgIpc) is 2.89. The lowest BCUT2D eigenvalue weighted by atomic mass is 9.83. The molecule has 1 unspecified atom stereocenters. The molecular formula is C26H33N5O3S. The van der Waals surface area contributed by atoms with Crippen molar-refractivity contribution in [1.82, 2.24) is 15.1 Å². The SMILES string of the molecule is O=C(CCN1CCSC(c2ccccc2)C1)O[C@@H]1C[N+]2(CC([O-])=Nc3cccnn3)CCC1CC2. The molecule has 8 nitrogen and oxygen atoms in total. The molecule has 35 heavy (non-hydrogen) atoms. The number of fused-ring (bicyclic) bond motifs is 3. The summed E-state index contributed by atoms with van der Waals surface area (Å²) in [6, 6.07) is 14.0. The first kappa shape index (κ1) is 24.2. The maximum absolute atomic E-state index is 12.8. The van der Waals surface area contributed by atoms with Crippen molar-refractivity contribution in [1.29, 1.82) is 0 Å². The maximum Gasteiger partial charge on any atom is 0.307 e. The third-order valence-corrected chi connectivity index (χ3v) is 8.79. The van der Waals surface area contributed by atoms with Gasteiger partial charge in [0.1, 0.15) is 13.1 Å². The van der Waals surface area contributed by atoms with E-state index in [9.17, 15) is 9.90 Å². The summed E-state index contributed by atoms with van der Waals surface area (Å²) in [5, 5.41) is 20.8. The zero-order valence-corrected chi connectivity index (χ0v) is 20.8. The minimum absolute atomic E-state index is 0.108. The molecule has 4 fully saturated rings. The van der Waals surface area contributed by atoms with E-state index in [-0.39, 0.29) is 18.0 Å². The minimum atomic E-state index is -0.188. The van der Waals surface area contributed by atoms with E-state index in [1.54, 1.807) is 18.3 Å². The fraction of sp³-hybridized carbons (Fsp3) is 0.538.